The molecule has 0 fully saturated rings. The third-order valence-corrected chi connectivity index (χ3v) is 7.43. The second kappa shape index (κ2) is 9.32. The molecule has 0 amide bonds. The number of hydrogen-bond acceptors (Lipinski definition) is 2. The van der Waals surface area contributed by atoms with Crippen LogP contribution in [0.15, 0.2) is 134 Å². The normalized spacial score (nSPS) is 11.4. The topological polar surface area (TPSA) is 35.6 Å². The van der Waals surface area contributed by atoms with Crippen LogP contribution in [-0.2, 0) is 20.4 Å². The zero-order valence-electron chi connectivity index (χ0n) is 20.8. The van der Waals surface area contributed by atoms with Crippen molar-refractivity contribution in [1.82, 2.24) is 19.1 Å². The minimum Gasteiger partial charge on any atom is -0.309 e. The van der Waals surface area contributed by atoms with Crippen LogP contribution in [0.1, 0.15) is 0 Å². The summed E-state index contributed by atoms with van der Waals surface area (Å²) in [6, 6.07) is 42.7. The molecule has 4 aromatic heterocycles. The summed E-state index contributed by atoms with van der Waals surface area (Å²) in [5, 5.41) is 4.90. The van der Waals surface area contributed by atoms with Crippen LogP contribution >= 0.6 is 0 Å². The predicted molar refractivity (Wildman–Crippen MR) is 156 cm³/mol. The second-order valence-corrected chi connectivity index (χ2v) is 9.54. The number of pyridine rings is 2. The molecule has 4 aromatic carbocycles. The van der Waals surface area contributed by atoms with Gasteiger partial charge in [0.1, 0.15) is 5.82 Å². The number of fused-ring (bicyclic) bond motifs is 6. The van der Waals surface area contributed by atoms with Crippen LogP contribution in [-0.4, -0.2) is 19.1 Å². The van der Waals surface area contributed by atoms with Crippen molar-refractivity contribution in [3.63, 3.8) is 0 Å². The van der Waals surface area contributed by atoms with Crippen molar-refractivity contribution in [2.75, 3.05) is 0 Å². The Morgan fingerprint density at radius 3 is 1.72 bits per heavy atom. The number of benzene rings is 4. The Labute approximate surface area is 238 Å². The molecular weight excluding hydrogens is 571 g/mol. The van der Waals surface area contributed by atoms with E-state index in [-0.39, 0.29) is 20.4 Å². The van der Waals surface area contributed by atoms with Crippen LogP contribution in [0.4, 0.5) is 0 Å². The van der Waals surface area contributed by atoms with Crippen LogP contribution < -0.4 is 0 Å². The molecule has 0 saturated heterocycles. The maximum Gasteiger partial charge on any atom is 2.00 e. The number of hydrogen-bond donors (Lipinski definition) is 0. The largest absolute Gasteiger partial charge is 2.00 e. The molecule has 0 atom stereocenters. The predicted octanol–water partition coefficient (Wildman–Crippen LogP) is 8.34. The van der Waals surface area contributed by atoms with Gasteiger partial charge in [-0.2, -0.15) is 0 Å². The summed E-state index contributed by atoms with van der Waals surface area (Å²) in [5.74, 6) is 0.913. The van der Waals surface area contributed by atoms with Gasteiger partial charge in [-0.1, -0.05) is 66.7 Å². The summed E-state index contributed by atoms with van der Waals surface area (Å²) in [6.45, 7) is 0. The minimum atomic E-state index is 0. The van der Waals surface area contributed by atoms with Crippen molar-refractivity contribution in [3.05, 3.63) is 134 Å². The number of para-hydroxylation sites is 2. The molecule has 0 radical (unpaired) electrons. The summed E-state index contributed by atoms with van der Waals surface area (Å²) in [5.41, 5.74) is 7.81. The Hall–Kier alpha value is -4.56. The molecule has 8 aromatic rings. The van der Waals surface area contributed by atoms with E-state index in [1.54, 1.807) is 0 Å². The fourth-order valence-corrected chi connectivity index (χ4v) is 5.77. The van der Waals surface area contributed by atoms with Gasteiger partial charge >= 0.3 is 20.4 Å². The third kappa shape index (κ3) is 3.63. The van der Waals surface area contributed by atoms with E-state index in [1.807, 2.05) is 36.7 Å². The van der Waals surface area contributed by atoms with Gasteiger partial charge in [-0.15, -0.1) is 0 Å². The first kappa shape index (κ1) is 23.6. The number of nitrogens with zero attached hydrogens (tertiary/aromatic N) is 4. The zero-order chi connectivity index (χ0) is 25.1. The average Bonchev–Trinajstić information content (AvgIpc) is 3.50. The molecule has 0 aliphatic carbocycles. The fraction of sp³-hybridized carbons (Fsp3) is 0. The molecule has 4 nitrogen and oxygen atoms in total. The van der Waals surface area contributed by atoms with Crippen LogP contribution in [0.5, 0.6) is 0 Å². The zero-order valence-corrected chi connectivity index (χ0v) is 22.4. The van der Waals surface area contributed by atoms with Crippen molar-refractivity contribution in [2.24, 2.45) is 0 Å². The van der Waals surface area contributed by atoms with Crippen molar-refractivity contribution >= 4 is 43.6 Å². The SMILES string of the molecule is [Pd+2].c1ccc(-c2ccc3c4ccccc4n(-c4ccc5c6ccccc6n(-c6ccccn6)c5c4)c3c2)nc1. The summed E-state index contributed by atoms with van der Waals surface area (Å²) in [7, 11) is 0. The fourth-order valence-electron chi connectivity index (χ4n) is 5.77. The van der Waals surface area contributed by atoms with Crippen molar-refractivity contribution in [3.8, 4) is 22.8 Å². The van der Waals surface area contributed by atoms with Gasteiger partial charge < -0.3 is 4.57 Å². The molecule has 0 bridgehead atoms. The maximum atomic E-state index is 4.71. The van der Waals surface area contributed by atoms with E-state index in [9.17, 15) is 0 Å². The van der Waals surface area contributed by atoms with Crippen molar-refractivity contribution in [2.45, 2.75) is 0 Å². The number of rotatable bonds is 3. The molecule has 0 spiro atoms. The first-order valence-electron chi connectivity index (χ1n) is 12.8. The van der Waals surface area contributed by atoms with Gasteiger partial charge in [0.05, 0.1) is 27.8 Å². The quantitative estimate of drug-likeness (QED) is 0.193. The maximum absolute atomic E-state index is 4.71. The molecule has 4 heterocycles. The molecule has 0 N–H and O–H groups in total. The van der Waals surface area contributed by atoms with Crippen LogP contribution in [0.25, 0.3) is 66.4 Å². The molecule has 5 heteroatoms. The van der Waals surface area contributed by atoms with Gasteiger partial charge in [0, 0.05) is 45.2 Å². The molecule has 0 saturated carbocycles. The van der Waals surface area contributed by atoms with Crippen LogP contribution in [0.3, 0.4) is 0 Å². The second-order valence-electron chi connectivity index (χ2n) is 9.54. The summed E-state index contributed by atoms with van der Waals surface area (Å²) in [6.07, 6.45) is 3.70. The molecule has 186 valence electrons. The van der Waals surface area contributed by atoms with Crippen molar-refractivity contribution in [1.29, 1.82) is 0 Å². The summed E-state index contributed by atoms with van der Waals surface area (Å²) >= 11 is 0. The van der Waals surface area contributed by atoms with Crippen molar-refractivity contribution < 1.29 is 20.4 Å². The summed E-state index contributed by atoms with van der Waals surface area (Å²) in [4.78, 5) is 9.31. The van der Waals surface area contributed by atoms with E-state index in [1.165, 1.54) is 27.1 Å². The Kier molecular flexibility index (Phi) is 5.63. The Bertz CT molecular complexity index is 2130. The van der Waals surface area contributed by atoms with E-state index in [0.29, 0.717) is 0 Å². The smallest absolute Gasteiger partial charge is 0.309 e. The average molecular weight is 593 g/mol. The minimum absolute atomic E-state index is 0. The molecule has 39 heavy (non-hydrogen) atoms. The van der Waals surface area contributed by atoms with Gasteiger partial charge in [-0.05, 0) is 54.6 Å². The van der Waals surface area contributed by atoms with Crippen LogP contribution in [0.2, 0.25) is 0 Å². The molecule has 0 aliphatic heterocycles. The standard InChI is InChI=1S/C34H22N4.Pd/c1-3-12-30-25(9-1)27-17-15-23(29-11-5-7-19-35-29)21-32(27)37(30)24-16-18-28-26-10-2-4-13-31(26)38(33(28)22-24)34-14-6-8-20-36-34;/h1-22H;/q;+2. The van der Waals surface area contributed by atoms with Gasteiger partial charge in [0.2, 0.25) is 0 Å². The monoisotopic (exact) mass is 592 g/mol. The van der Waals surface area contributed by atoms with E-state index in [4.69, 9.17) is 4.98 Å². The van der Waals surface area contributed by atoms with E-state index in [0.717, 1.165) is 39.3 Å². The Morgan fingerprint density at radius 1 is 0.436 bits per heavy atom. The third-order valence-electron chi connectivity index (χ3n) is 7.43. The van der Waals surface area contributed by atoms with Crippen LogP contribution in [0, 0.1) is 0 Å². The first-order chi connectivity index (χ1) is 18.9. The summed E-state index contributed by atoms with van der Waals surface area (Å²) < 4.78 is 4.64. The van der Waals surface area contributed by atoms with Gasteiger partial charge in [-0.25, -0.2) is 4.98 Å². The first-order valence-corrected chi connectivity index (χ1v) is 12.8. The van der Waals surface area contributed by atoms with E-state index < -0.39 is 0 Å². The van der Waals surface area contributed by atoms with E-state index >= 15 is 0 Å². The number of aromatic nitrogens is 4. The van der Waals surface area contributed by atoms with E-state index in [2.05, 4.69) is 111 Å². The molecule has 0 aliphatic rings. The Balaban J connectivity index is 0.00000253. The molecule has 8 rings (SSSR count). The molecule has 0 unspecified atom stereocenters. The Morgan fingerprint density at radius 2 is 1.03 bits per heavy atom. The van der Waals surface area contributed by atoms with Gasteiger partial charge in [0.25, 0.3) is 0 Å². The molecular formula is C34H22N4Pd+2. The van der Waals surface area contributed by atoms with Gasteiger partial charge in [-0.3, -0.25) is 9.55 Å². The van der Waals surface area contributed by atoms with Gasteiger partial charge in [0.15, 0.2) is 0 Å².